The van der Waals surface area contributed by atoms with Crippen LogP contribution in [0.15, 0.2) is 5.51 Å². The normalized spacial score (nSPS) is 23.5. The summed E-state index contributed by atoms with van der Waals surface area (Å²) in [4.78, 5) is 4.49. The summed E-state index contributed by atoms with van der Waals surface area (Å²) in [5.74, 6) is 0.858. The van der Waals surface area contributed by atoms with Gasteiger partial charge in [0, 0.05) is 6.04 Å². The summed E-state index contributed by atoms with van der Waals surface area (Å²) in [7, 11) is -2.89. The van der Waals surface area contributed by atoms with Crippen molar-refractivity contribution in [2.24, 2.45) is 0 Å². The summed E-state index contributed by atoms with van der Waals surface area (Å²) in [5.41, 5.74) is 1.57. The van der Waals surface area contributed by atoms with Crippen molar-refractivity contribution in [2.75, 3.05) is 16.8 Å². The molecule has 80 valence electrons. The van der Waals surface area contributed by atoms with Crippen LogP contribution >= 0.6 is 11.3 Å². The minimum atomic E-state index is -2.89. The van der Waals surface area contributed by atoms with Gasteiger partial charge in [0.05, 0.1) is 17.0 Å². The largest absolute Gasteiger partial charge is 0.364 e. The van der Waals surface area contributed by atoms with E-state index in [4.69, 9.17) is 5.26 Å². The molecule has 0 saturated carbocycles. The van der Waals surface area contributed by atoms with E-state index in [1.54, 1.807) is 5.51 Å². The fourth-order valence-corrected chi connectivity index (χ4v) is 3.74. The first-order valence-electron chi connectivity index (χ1n) is 4.41. The van der Waals surface area contributed by atoms with Crippen molar-refractivity contribution < 1.29 is 8.42 Å². The molecule has 1 aromatic rings. The number of sulfone groups is 1. The van der Waals surface area contributed by atoms with Crippen molar-refractivity contribution in [3.05, 3.63) is 10.4 Å². The molecular weight excluding hydrogens is 234 g/mol. The number of nitriles is 1. The Balaban J connectivity index is 2.09. The molecular formula is C8H9N3O2S2. The van der Waals surface area contributed by atoms with Gasteiger partial charge in [-0.2, -0.15) is 5.26 Å². The maximum absolute atomic E-state index is 11.2. The van der Waals surface area contributed by atoms with Crippen LogP contribution in [0.4, 0.5) is 5.82 Å². The first-order chi connectivity index (χ1) is 7.11. The van der Waals surface area contributed by atoms with Gasteiger partial charge in [-0.25, -0.2) is 13.4 Å². The maximum Gasteiger partial charge on any atom is 0.155 e. The second-order valence-corrected chi connectivity index (χ2v) is 6.47. The number of hydrogen-bond acceptors (Lipinski definition) is 6. The van der Waals surface area contributed by atoms with Crippen LogP contribution in [0.3, 0.4) is 0 Å². The minimum Gasteiger partial charge on any atom is -0.364 e. The first kappa shape index (κ1) is 10.4. The molecule has 0 bridgehead atoms. The van der Waals surface area contributed by atoms with E-state index in [9.17, 15) is 8.42 Å². The minimum absolute atomic E-state index is 0.107. The fourth-order valence-electron chi connectivity index (χ4n) is 1.53. The Morgan fingerprint density at radius 1 is 1.67 bits per heavy atom. The quantitative estimate of drug-likeness (QED) is 0.823. The van der Waals surface area contributed by atoms with Crippen LogP contribution in [0.1, 0.15) is 11.3 Å². The van der Waals surface area contributed by atoms with Gasteiger partial charge < -0.3 is 5.32 Å². The molecule has 1 aromatic heterocycles. The summed E-state index contributed by atoms with van der Waals surface area (Å²) in [6.07, 6.45) is 0.588. The van der Waals surface area contributed by atoms with E-state index < -0.39 is 9.84 Å². The van der Waals surface area contributed by atoms with E-state index in [0.29, 0.717) is 17.1 Å². The summed E-state index contributed by atoms with van der Waals surface area (Å²) < 4.78 is 22.4. The third-order valence-electron chi connectivity index (χ3n) is 2.24. The van der Waals surface area contributed by atoms with Crippen LogP contribution in [-0.4, -0.2) is 30.9 Å². The Labute approximate surface area is 91.7 Å². The Morgan fingerprint density at radius 2 is 2.47 bits per heavy atom. The monoisotopic (exact) mass is 243 g/mol. The standard InChI is InChI=1S/C8H9N3O2S2/c9-3-7-8(10-5-14-7)11-6-1-2-15(12,13)4-6/h5-6,11H,1-2,4H2. The predicted octanol–water partition coefficient (Wildman–Crippen LogP) is 0.614. The van der Waals surface area contributed by atoms with Crippen LogP contribution in [0, 0.1) is 11.3 Å². The molecule has 7 heteroatoms. The second kappa shape index (κ2) is 3.79. The van der Waals surface area contributed by atoms with Crippen LogP contribution < -0.4 is 5.32 Å². The van der Waals surface area contributed by atoms with Crippen LogP contribution in [0.2, 0.25) is 0 Å². The highest BCUT2D eigenvalue weighted by atomic mass is 32.2. The van der Waals surface area contributed by atoms with Crippen molar-refractivity contribution in [3.8, 4) is 6.07 Å². The lowest BCUT2D eigenvalue weighted by Crippen LogP contribution is -2.21. The molecule has 2 heterocycles. The molecule has 0 spiro atoms. The van der Waals surface area contributed by atoms with Crippen molar-refractivity contribution in [1.29, 1.82) is 5.26 Å². The lowest BCUT2D eigenvalue weighted by Gasteiger charge is -2.09. The average Bonchev–Trinajstić information content (AvgIpc) is 2.73. The number of anilines is 1. The van der Waals surface area contributed by atoms with Gasteiger partial charge in [-0.1, -0.05) is 0 Å². The number of nitrogens with one attached hydrogen (secondary N) is 1. The second-order valence-electron chi connectivity index (χ2n) is 3.39. The Bertz CT molecular complexity index is 500. The van der Waals surface area contributed by atoms with Crippen molar-refractivity contribution >= 4 is 27.0 Å². The molecule has 15 heavy (non-hydrogen) atoms. The summed E-state index contributed by atoms with van der Waals surface area (Å²) in [6, 6.07) is 1.91. The van der Waals surface area contributed by atoms with Gasteiger partial charge in [-0.3, -0.25) is 0 Å². The van der Waals surface area contributed by atoms with Crippen LogP contribution in [0.5, 0.6) is 0 Å². The molecule has 1 saturated heterocycles. The molecule has 5 nitrogen and oxygen atoms in total. The molecule has 1 unspecified atom stereocenters. The summed E-state index contributed by atoms with van der Waals surface area (Å²) in [6.45, 7) is 0. The zero-order chi connectivity index (χ0) is 10.9. The van der Waals surface area contributed by atoms with Crippen LogP contribution in [-0.2, 0) is 9.84 Å². The maximum atomic E-state index is 11.2. The molecule has 0 aliphatic carbocycles. The first-order valence-corrected chi connectivity index (χ1v) is 7.11. The van der Waals surface area contributed by atoms with Crippen molar-refractivity contribution in [1.82, 2.24) is 4.98 Å². The molecule has 1 fully saturated rings. The number of nitrogens with zero attached hydrogens (tertiary/aromatic N) is 2. The molecule has 2 rings (SSSR count). The zero-order valence-electron chi connectivity index (χ0n) is 7.80. The van der Waals surface area contributed by atoms with Crippen LogP contribution in [0.25, 0.3) is 0 Å². The Morgan fingerprint density at radius 3 is 3.07 bits per heavy atom. The van der Waals surface area contributed by atoms with E-state index in [1.807, 2.05) is 6.07 Å². The van der Waals surface area contributed by atoms with Gasteiger partial charge in [0.15, 0.2) is 15.7 Å². The highest BCUT2D eigenvalue weighted by molar-refractivity contribution is 7.91. The highest BCUT2D eigenvalue weighted by Crippen LogP contribution is 2.21. The molecule has 1 atom stereocenters. The van der Waals surface area contributed by atoms with E-state index in [1.165, 1.54) is 11.3 Å². The van der Waals surface area contributed by atoms with E-state index >= 15 is 0 Å². The molecule has 0 amide bonds. The Hall–Kier alpha value is -1.13. The molecule has 1 aliphatic heterocycles. The number of thiazole rings is 1. The topological polar surface area (TPSA) is 82.8 Å². The number of aromatic nitrogens is 1. The third-order valence-corrected chi connectivity index (χ3v) is 4.74. The van der Waals surface area contributed by atoms with Gasteiger partial charge in [0.25, 0.3) is 0 Å². The fraction of sp³-hybridized carbons (Fsp3) is 0.500. The van der Waals surface area contributed by atoms with Gasteiger partial charge in [-0.05, 0) is 6.42 Å². The van der Waals surface area contributed by atoms with E-state index in [2.05, 4.69) is 10.3 Å². The summed E-state index contributed by atoms with van der Waals surface area (Å²) >= 11 is 1.25. The van der Waals surface area contributed by atoms with Crippen molar-refractivity contribution in [2.45, 2.75) is 12.5 Å². The van der Waals surface area contributed by atoms with E-state index in [-0.39, 0.29) is 17.5 Å². The third kappa shape index (κ3) is 2.27. The molecule has 1 aliphatic rings. The summed E-state index contributed by atoms with van der Waals surface area (Å²) in [5, 5.41) is 11.7. The van der Waals surface area contributed by atoms with E-state index in [0.717, 1.165) is 0 Å². The number of rotatable bonds is 2. The number of hydrogen-bond donors (Lipinski definition) is 1. The predicted molar refractivity (Wildman–Crippen MR) is 57.5 cm³/mol. The van der Waals surface area contributed by atoms with Crippen molar-refractivity contribution in [3.63, 3.8) is 0 Å². The van der Waals surface area contributed by atoms with Gasteiger partial charge >= 0.3 is 0 Å². The molecule has 0 radical (unpaired) electrons. The Kier molecular flexibility index (Phi) is 2.63. The lowest BCUT2D eigenvalue weighted by molar-refractivity contribution is 0.602. The van der Waals surface area contributed by atoms with Gasteiger partial charge in [0.1, 0.15) is 10.9 Å². The zero-order valence-corrected chi connectivity index (χ0v) is 9.44. The van der Waals surface area contributed by atoms with Gasteiger partial charge in [0.2, 0.25) is 0 Å². The highest BCUT2D eigenvalue weighted by Gasteiger charge is 2.28. The van der Waals surface area contributed by atoms with Gasteiger partial charge in [-0.15, -0.1) is 11.3 Å². The molecule has 1 N–H and O–H groups in total. The SMILES string of the molecule is N#Cc1scnc1NC1CCS(=O)(=O)C1. The average molecular weight is 243 g/mol. The smallest absolute Gasteiger partial charge is 0.155 e. The lowest BCUT2D eigenvalue weighted by atomic mass is 10.2. The molecule has 0 aromatic carbocycles.